The van der Waals surface area contributed by atoms with Gasteiger partial charge in [-0.1, -0.05) is 6.07 Å². The van der Waals surface area contributed by atoms with Crippen molar-refractivity contribution < 1.29 is 4.79 Å². The van der Waals surface area contributed by atoms with Gasteiger partial charge in [0.1, 0.15) is 6.54 Å². The molecule has 20 heavy (non-hydrogen) atoms. The monoisotopic (exact) mass is 335 g/mol. The number of carbonyl (C=O) groups is 1. The van der Waals surface area contributed by atoms with Crippen molar-refractivity contribution in [2.24, 2.45) is 0 Å². The lowest BCUT2D eigenvalue weighted by Gasteiger charge is -2.10. The van der Waals surface area contributed by atoms with Crippen LogP contribution in [-0.2, 0) is 11.3 Å². The fourth-order valence-electron chi connectivity index (χ4n) is 1.77. The number of nitrogens with two attached hydrogens (primary N) is 1. The van der Waals surface area contributed by atoms with Crippen molar-refractivity contribution in [2.75, 3.05) is 11.1 Å². The molecule has 0 unspecified atom stereocenters. The van der Waals surface area contributed by atoms with E-state index in [1.165, 1.54) is 4.57 Å². The van der Waals surface area contributed by atoms with Crippen molar-refractivity contribution in [3.8, 4) is 0 Å². The summed E-state index contributed by atoms with van der Waals surface area (Å²) >= 11 is 3.14. The standard InChI is InChI=1S/C14H14BrN3O2/c1-9-4-5-12(11(16)7-9)17-13(19)8-18-6-2-3-10(15)14(18)20/h2-7H,8,16H2,1H3,(H,17,19). The maximum atomic E-state index is 11.9. The quantitative estimate of drug-likeness (QED) is 0.843. The Hall–Kier alpha value is -2.08. The molecule has 2 aromatic rings. The van der Waals surface area contributed by atoms with E-state index in [4.69, 9.17) is 5.73 Å². The van der Waals surface area contributed by atoms with Crippen LogP contribution in [-0.4, -0.2) is 10.5 Å². The van der Waals surface area contributed by atoms with Gasteiger partial charge in [-0.25, -0.2) is 0 Å². The Bertz CT molecular complexity index is 710. The van der Waals surface area contributed by atoms with E-state index < -0.39 is 0 Å². The molecule has 0 fully saturated rings. The summed E-state index contributed by atoms with van der Waals surface area (Å²) in [5, 5.41) is 2.69. The molecule has 0 bridgehead atoms. The lowest BCUT2D eigenvalue weighted by atomic mass is 10.2. The fraction of sp³-hybridized carbons (Fsp3) is 0.143. The van der Waals surface area contributed by atoms with Crippen LogP contribution in [0.4, 0.5) is 11.4 Å². The van der Waals surface area contributed by atoms with E-state index in [2.05, 4.69) is 21.2 Å². The molecule has 104 valence electrons. The molecule has 5 nitrogen and oxygen atoms in total. The van der Waals surface area contributed by atoms with Crippen LogP contribution >= 0.6 is 15.9 Å². The van der Waals surface area contributed by atoms with Gasteiger partial charge in [0.05, 0.1) is 15.8 Å². The average Bonchev–Trinajstić information content (AvgIpc) is 2.38. The molecule has 2 rings (SSSR count). The van der Waals surface area contributed by atoms with Gasteiger partial charge in [-0.2, -0.15) is 0 Å². The van der Waals surface area contributed by atoms with Gasteiger partial charge in [0, 0.05) is 6.20 Å². The Morgan fingerprint density at radius 1 is 1.40 bits per heavy atom. The Morgan fingerprint density at radius 2 is 2.15 bits per heavy atom. The van der Waals surface area contributed by atoms with E-state index in [1.54, 1.807) is 30.5 Å². The van der Waals surface area contributed by atoms with Crippen LogP contribution in [0.15, 0.2) is 45.8 Å². The average molecular weight is 336 g/mol. The Labute approximate surface area is 124 Å². The van der Waals surface area contributed by atoms with Crippen LogP contribution in [0, 0.1) is 6.92 Å². The summed E-state index contributed by atoms with van der Waals surface area (Å²) in [6, 6.07) is 8.71. The Kier molecular flexibility index (Phi) is 4.24. The van der Waals surface area contributed by atoms with E-state index in [0.29, 0.717) is 15.8 Å². The van der Waals surface area contributed by atoms with Gasteiger partial charge in [0.2, 0.25) is 5.91 Å². The normalized spacial score (nSPS) is 10.3. The van der Waals surface area contributed by atoms with E-state index in [9.17, 15) is 9.59 Å². The number of hydrogen-bond donors (Lipinski definition) is 2. The number of pyridine rings is 1. The highest BCUT2D eigenvalue weighted by Gasteiger charge is 2.08. The topological polar surface area (TPSA) is 77.1 Å². The van der Waals surface area contributed by atoms with Gasteiger partial charge in [0.15, 0.2) is 0 Å². The van der Waals surface area contributed by atoms with Gasteiger partial charge < -0.3 is 15.6 Å². The molecule has 1 heterocycles. The zero-order valence-corrected chi connectivity index (χ0v) is 12.5. The second-order valence-corrected chi connectivity index (χ2v) is 5.28. The first-order valence-electron chi connectivity index (χ1n) is 5.98. The zero-order valence-electron chi connectivity index (χ0n) is 10.9. The maximum absolute atomic E-state index is 11.9. The number of aromatic nitrogens is 1. The van der Waals surface area contributed by atoms with E-state index in [-0.39, 0.29) is 18.0 Å². The summed E-state index contributed by atoms with van der Waals surface area (Å²) in [5.41, 5.74) is 7.64. The van der Waals surface area contributed by atoms with Crippen molar-refractivity contribution in [2.45, 2.75) is 13.5 Å². The van der Waals surface area contributed by atoms with Crippen LogP contribution in [0.2, 0.25) is 0 Å². The highest BCUT2D eigenvalue weighted by atomic mass is 79.9. The van der Waals surface area contributed by atoms with Gasteiger partial charge in [-0.05, 0) is 52.7 Å². The molecule has 0 saturated carbocycles. The molecule has 6 heteroatoms. The molecule has 0 saturated heterocycles. The molecule has 0 aliphatic carbocycles. The minimum atomic E-state index is -0.305. The first-order valence-corrected chi connectivity index (χ1v) is 6.77. The minimum absolute atomic E-state index is 0.0639. The second kappa shape index (κ2) is 5.92. The van der Waals surface area contributed by atoms with E-state index >= 15 is 0 Å². The van der Waals surface area contributed by atoms with Gasteiger partial charge >= 0.3 is 0 Å². The number of carbonyl (C=O) groups excluding carboxylic acids is 1. The first-order chi connectivity index (χ1) is 9.47. The molecule has 0 atom stereocenters. The van der Waals surface area contributed by atoms with Crippen molar-refractivity contribution in [1.82, 2.24) is 4.57 Å². The molecule has 0 radical (unpaired) electrons. The van der Waals surface area contributed by atoms with Gasteiger partial charge in [-0.15, -0.1) is 0 Å². The number of nitrogens with zero attached hydrogens (tertiary/aromatic N) is 1. The van der Waals surface area contributed by atoms with E-state index in [0.717, 1.165) is 5.56 Å². The van der Waals surface area contributed by atoms with Crippen LogP contribution in [0.25, 0.3) is 0 Å². The lowest BCUT2D eigenvalue weighted by molar-refractivity contribution is -0.116. The Balaban J connectivity index is 2.13. The van der Waals surface area contributed by atoms with Crippen LogP contribution < -0.4 is 16.6 Å². The van der Waals surface area contributed by atoms with Crippen LogP contribution in [0.5, 0.6) is 0 Å². The predicted molar refractivity (Wildman–Crippen MR) is 82.6 cm³/mol. The Morgan fingerprint density at radius 3 is 2.85 bits per heavy atom. The largest absolute Gasteiger partial charge is 0.397 e. The highest BCUT2D eigenvalue weighted by Crippen LogP contribution is 2.19. The van der Waals surface area contributed by atoms with Gasteiger partial charge in [-0.3, -0.25) is 9.59 Å². The number of amides is 1. The highest BCUT2D eigenvalue weighted by molar-refractivity contribution is 9.10. The molecule has 1 amide bonds. The van der Waals surface area contributed by atoms with Crippen molar-refractivity contribution in [3.05, 3.63) is 56.9 Å². The fourth-order valence-corrected chi connectivity index (χ4v) is 2.15. The number of anilines is 2. The van der Waals surface area contributed by atoms with Crippen molar-refractivity contribution in [3.63, 3.8) is 0 Å². The first kappa shape index (κ1) is 14.3. The third kappa shape index (κ3) is 3.27. The summed E-state index contributed by atoms with van der Waals surface area (Å²) in [6.07, 6.45) is 1.56. The van der Waals surface area contributed by atoms with E-state index in [1.807, 2.05) is 13.0 Å². The SMILES string of the molecule is Cc1ccc(NC(=O)Cn2cccc(Br)c2=O)c(N)c1. The molecule has 0 spiro atoms. The second-order valence-electron chi connectivity index (χ2n) is 4.43. The number of rotatable bonds is 3. The number of hydrogen-bond acceptors (Lipinski definition) is 3. The predicted octanol–water partition coefficient (Wildman–Crippen LogP) is 2.14. The molecular weight excluding hydrogens is 322 g/mol. The molecule has 0 aliphatic heterocycles. The van der Waals surface area contributed by atoms with Crippen molar-refractivity contribution in [1.29, 1.82) is 0 Å². The smallest absolute Gasteiger partial charge is 0.265 e. The maximum Gasteiger partial charge on any atom is 0.265 e. The molecule has 1 aromatic carbocycles. The minimum Gasteiger partial charge on any atom is -0.397 e. The van der Waals surface area contributed by atoms with Crippen LogP contribution in [0.1, 0.15) is 5.56 Å². The van der Waals surface area contributed by atoms with Crippen molar-refractivity contribution >= 4 is 33.2 Å². The third-order valence-electron chi connectivity index (χ3n) is 2.77. The molecule has 3 N–H and O–H groups in total. The third-order valence-corrected chi connectivity index (χ3v) is 3.37. The summed E-state index contributed by atoms with van der Waals surface area (Å²) in [4.78, 5) is 23.7. The molecule has 1 aromatic heterocycles. The molecule has 0 aliphatic rings. The number of nitrogens with one attached hydrogen (secondary N) is 1. The summed E-state index contributed by atoms with van der Waals surface area (Å²) in [5.74, 6) is -0.305. The summed E-state index contributed by atoms with van der Waals surface area (Å²) in [7, 11) is 0. The number of nitrogen functional groups attached to an aromatic ring is 1. The molecular formula is C14H14BrN3O2. The number of benzene rings is 1. The summed E-state index contributed by atoms with van der Waals surface area (Å²) in [6.45, 7) is 1.86. The van der Waals surface area contributed by atoms with Gasteiger partial charge in [0.25, 0.3) is 5.56 Å². The number of aryl methyl sites for hydroxylation is 1. The lowest BCUT2D eigenvalue weighted by Crippen LogP contribution is -2.27. The summed E-state index contributed by atoms with van der Waals surface area (Å²) < 4.78 is 1.74. The number of halogens is 1. The van der Waals surface area contributed by atoms with Crippen LogP contribution in [0.3, 0.4) is 0 Å². The zero-order chi connectivity index (χ0) is 14.7.